The van der Waals surface area contributed by atoms with Gasteiger partial charge in [0.2, 0.25) is 0 Å². The van der Waals surface area contributed by atoms with Gasteiger partial charge in [0.05, 0.1) is 5.69 Å². The molecule has 0 atom stereocenters. The van der Waals surface area contributed by atoms with Crippen molar-refractivity contribution in [3.05, 3.63) is 71.4 Å². The van der Waals surface area contributed by atoms with Crippen molar-refractivity contribution in [2.24, 2.45) is 0 Å². The number of carbonyl (C=O) groups excluding carboxylic acids is 3. The van der Waals surface area contributed by atoms with Gasteiger partial charge < -0.3 is 4.57 Å². The van der Waals surface area contributed by atoms with E-state index in [9.17, 15) is 14.4 Å². The zero-order valence-corrected chi connectivity index (χ0v) is 15.6. The summed E-state index contributed by atoms with van der Waals surface area (Å²) in [5, 5.41) is 3.21. The third kappa shape index (κ3) is 2.89. The number of fused-ring (bicyclic) bond motifs is 1. The Morgan fingerprint density at radius 1 is 1.04 bits per heavy atom. The monoisotopic (exact) mass is 373 g/mol. The van der Waals surface area contributed by atoms with Gasteiger partial charge in [0, 0.05) is 29.2 Å². The zero-order chi connectivity index (χ0) is 19.8. The fourth-order valence-electron chi connectivity index (χ4n) is 3.47. The molecule has 2 heterocycles. The summed E-state index contributed by atoms with van der Waals surface area (Å²) < 4.78 is 2.05. The molecule has 0 unspecified atom stereocenters. The van der Waals surface area contributed by atoms with E-state index in [4.69, 9.17) is 0 Å². The smallest absolute Gasteiger partial charge is 0.335 e. The third-order valence-corrected chi connectivity index (χ3v) is 4.82. The van der Waals surface area contributed by atoms with Gasteiger partial charge in [-0.3, -0.25) is 14.9 Å². The normalized spacial score (nSPS) is 16.1. The highest BCUT2D eigenvalue weighted by molar-refractivity contribution is 6.39. The van der Waals surface area contributed by atoms with Crippen LogP contribution in [0.2, 0.25) is 0 Å². The topological polar surface area (TPSA) is 71.4 Å². The Labute approximate surface area is 162 Å². The van der Waals surface area contributed by atoms with Crippen LogP contribution in [0.4, 0.5) is 10.5 Å². The van der Waals surface area contributed by atoms with Gasteiger partial charge in [0.1, 0.15) is 5.57 Å². The molecular formula is C22H19N3O3. The van der Waals surface area contributed by atoms with Gasteiger partial charge in [-0.15, -0.1) is 0 Å². The van der Waals surface area contributed by atoms with E-state index in [1.165, 1.54) is 0 Å². The fourth-order valence-corrected chi connectivity index (χ4v) is 3.47. The van der Waals surface area contributed by atoms with E-state index in [1.807, 2.05) is 50.4 Å². The Morgan fingerprint density at radius 3 is 2.57 bits per heavy atom. The second-order valence-electron chi connectivity index (χ2n) is 6.68. The minimum absolute atomic E-state index is 0.0693. The van der Waals surface area contributed by atoms with E-state index in [1.54, 1.807) is 24.3 Å². The number of anilines is 1. The summed E-state index contributed by atoms with van der Waals surface area (Å²) in [6.07, 6.45) is 3.47. The number of rotatable bonds is 3. The lowest BCUT2D eigenvalue weighted by atomic mass is 10.1. The van der Waals surface area contributed by atoms with Crippen LogP contribution in [-0.2, 0) is 16.1 Å². The summed E-state index contributed by atoms with van der Waals surface area (Å²) in [6.45, 7) is 4.66. The Balaban J connectivity index is 1.82. The molecule has 1 fully saturated rings. The molecule has 1 aromatic heterocycles. The second kappa shape index (κ2) is 6.81. The number of imide groups is 2. The van der Waals surface area contributed by atoms with E-state index in [0.29, 0.717) is 5.69 Å². The lowest BCUT2D eigenvalue weighted by Crippen LogP contribution is -2.54. The molecule has 140 valence electrons. The Hall–Kier alpha value is -3.67. The van der Waals surface area contributed by atoms with Crippen LogP contribution in [0.3, 0.4) is 0 Å². The number of barbiturate groups is 1. The van der Waals surface area contributed by atoms with E-state index >= 15 is 0 Å². The van der Waals surface area contributed by atoms with Crippen molar-refractivity contribution < 1.29 is 14.4 Å². The SMILES string of the molecule is CCn1cc(/C=C2\C(=O)NC(=O)N(c3cccc(C)c3)C2=O)c2ccccc21. The van der Waals surface area contributed by atoms with Crippen LogP contribution in [0.5, 0.6) is 0 Å². The molecule has 0 saturated carbocycles. The molecule has 0 radical (unpaired) electrons. The first-order valence-corrected chi connectivity index (χ1v) is 9.05. The Bertz CT molecular complexity index is 1160. The number of aryl methyl sites for hydroxylation is 2. The Morgan fingerprint density at radius 2 is 1.82 bits per heavy atom. The van der Waals surface area contributed by atoms with Crippen molar-refractivity contribution in [3.63, 3.8) is 0 Å². The number of carbonyl (C=O) groups is 3. The van der Waals surface area contributed by atoms with Gasteiger partial charge in [-0.25, -0.2) is 9.69 Å². The van der Waals surface area contributed by atoms with Crippen LogP contribution < -0.4 is 10.2 Å². The van der Waals surface area contributed by atoms with Crippen LogP contribution in [0, 0.1) is 6.92 Å². The van der Waals surface area contributed by atoms with Crippen LogP contribution in [-0.4, -0.2) is 22.4 Å². The summed E-state index contributed by atoms with van der Waals surface area (Å²) in [6, 6.07) is 14.1. The molecule has 3 aromatic rings. The average Bonchev–Trinajstić information content (AvgIpc) is 3.03. The molecule has 0 bridgehead atoms. The first-order chi connectivity index (χ1) is 13.5. The minimum Gasteiger partial charge on any atom is -0.347 e. The van der Waals surface area contributed by atoms with Gasteiger partial charge in [-0.05, 0) is 43.7 Å². The highest BCUT2D eigenvalue weighted by atomic mass is 16.2. The zero-order valence-electron chi connectivity index (χ0n) is 15.6. The maximum absolute atomic E-state index is 13.0. The van der Waals surface area contributed by atoms with Crippen molar-refractivity contribution >= 4 is 40.5 Å². The number of amides is 4. The summed E-state index contributed by atoms with van der Waals surface area (Å²) in [5.41, 5.74) is 3.05. The molecule has 1 aliphatic heterocycles. The number of nitrogens with one attached hydrogen (secondary N) is 1. The number of hydrogen-bond donors (Lipinski definition) is 1. The van der Waals surface area contributed by atoms with E-state index in [-0.39, 0.29) is 5.57 Å². The fraction of sp³-hybridized carbons (Fsp3) is 0.136. The lowest BCUT2D eigenvalue weighted by molar-refractivity contribution is -0.122. The average molecular weight is 373 g/mol. The van der Waals surface area contributed by atoms with Gasteiger partial charge in [-0.2, -0.15) is 0 Å². The van der Waals surface area contributed by atoms with Crippen LogP contribution >= 0.6 is 0 Å². The number of urea groups is 1. The molecule has 6 nitrogen and oxygen atoms in total. The highest BCUT2D eigenvalue weighted by Crippen LogP contribution is 2.26. The van der Waals surface area contributed by atoms with E-state index in [2.05, 4.69) is 9.88 Å². The third-order valence-electron chi connectivity index (χ3n) is 4.82. The highest BCUT2D eigenvalue weighted by Gasteiger charge is 2.37. The van der Waals surface area contributed by atoms with Gasteiger partial charge in [-0.1, -0.05) is 30.3 Å². The van der Waals surface area contributed by atoms with Crippen molar-refractivity contribution in [2.75, 3.05) is 4.90 Å². The quantitative estimate of drug-likeness (QED) is 0.563. The van der Waals surface area contributed by atoms with Crippen molar-refractivity contribution in [1.82, 2.24) is 9.88 Å². The number of benzene rings is 2. The number of nitrogens with zero attached hydrogens (tertiary/aromatic N) is 2. The molecular weight excluding hydrogens is 354 g/mol. The lowest BCUT2D eigenvalue weighted by Gasteiger charge is -2.26. The summed E-state index contributed by atoms with van der Waals surface area (Å²) >= 11 is 0. The van der Waals surface area contributed by atoms with Crippen LogP contribution in [0.15, 0.2) is 60.3 Å². The molecule has 1 N–H and O–H groups in total. The summed E-state index contributed by atoms with van der Waals surface area (Å²) in [4.78, 5) is 38.8. The first-order valence-electron chi connectivity index (χ1n) is 9.05. The van der Waals surface area contributed by atoms with Gasteiger partial charge in [0.25, 0.3) is 11.8 Å². The van der Waals surface area contributed by atoms with Crippen LogP contribution in [0.25, 0.3) is 17.0 Å². The summed E-state index contributed by atoms with van der Waals surface area (Å²) in [7, 11) is 0. The molecule has 28 heavy (non-hydrogen) atoms. The van der Waals surface area contributed by atoms with E-state index in [0.717, 1.165) is 33.5 Å². The van der Waals surface area contributed by atoms with Gasteiger partial charge in [0.15, 0.2) is 0 Å². The van der Waals surface area contributed by atoms with Gasteiger partial charge >= 0.3 is 6.03 Å². The predicted octanol–water partition coefficient (Wildman–Crippen LogP) is 3.64. The van der Waals surface area contributed by atoms with E-state index < -0.39 is 17.8 Å². The first kappa shape index (κ1) is 17.7. The van der Waals surface area contributed by atoms with Crippen LogP contribution in [0.1, 0.15) is 18.1 Å². The Kier molecular flexibility index (Phi) is 4.31. The number of para-hydroxylation sites is 1. The number of aromatic nitrogens is 1. The van der Waals surface area contributed by atoms with Crippen molar-refractivity contribution in [1.29, 1.82) is 0 Å². The molecule has 1 saturated heterocycles. The maximum atomic E-state index is 13.0. The molecule has 0 spiro atoms. The molecule has 0 aliphatic carbocycles. The summed E-state index contributed by atoms with van der Waals surface area (Å²) in [5.74, 6) is -1.32. The molecule has 6 heteroatoms. The largest absolute Gasteiger partial charge is 0.347 e. The number of hydrogen-bond acceptors (Lipinski definition) is 3. The molecule has 4 amide bonds. The predicted molar refractivity (Wildman–Crippen MR) is 108 cm³/mol. The standard InChI is InChI=1S/C22H19N3O3/c1-3-24-13-15(17-9-4-5-10-19(17)24)12-18-20(26)23-22(28)25(21(18)27)16-8-6-7-14(2)11-16/h4-13H,3H2,1-2H3,(H,23,26,28)/b18-12+. The molecule has 4 rings (SSSR count). The maximum Gasteiger partial charge on any atom is 0.335 e. The van der Waals surface area contributed by atoms with Crippen molar-refractivity contribution in [3.8, 4) is 0 Å². The second-order valence-corrected chi connectivity index (χ2v) is 6.68. The van der Waals surface area contributed by atoms with Crippen molar-refractivity contribution in [2.45, 2.75) is 20.4 Å². The molecule has 1 aliphatic rings. The molecule has 2 aromatic carbocycles. The minimum atomic E-state index is -0.742.